The third-order valence-electron chi connectivity index (χ3n) is 6.51. The van der Waals surface area contributed by atoms with Gasteiger partial charge in [0.25, 0.3) is 0 Å². The van der Waals surface area contributed by atoms with Gasteiger partial charge in [0.1, 0.15) is 11.3 Å². The summed E-state index contributed by atoms with van der Waals surface area (Å²) >= 11 is 0. The minimum absolute atomic E-state index is 0.0513. The van der Waals surface area contributed by atoms with E-state index in [4.69, 9.17) is 9.47 Å². The third kappa shape index (κ3) is 6.29. The van der Waals surface area contributed by atoms with Crippen molar-refractivity contribution < 1.29 is 27.8 Å². The number of rotatable bonds is 10. The van der Waals surface area contributed by atoms with Crippen LogP contribution in [0.25, 0.3) is 11.0 Å². The van der Waals surface area contributed by atoms with Crippen LogP contribution in [0.15, 0.2) is 24.5 Å². The molecule has 0 saturated heterocycles. The van der Waals surface area contributed by atoms with Crippen LogP contribution in [0.4, 0.5) is 24.7 Å². The van der Waals surface area contributed by atoms with E-state index in [0.29, 0.717) is 50.4 Å². The first-order valence-electron chi connectivity index (χ1n) is 12.0. The van der Waals surface area contributed by atoms with Crippen molar-refractivity contribution in [2.24, 2.45) is 7.05 Å². The van der Waals surface area contributed by atoms with Gasteiger partial charge in [0, 0.05) is 50.6 Å². The van der Waals surface area contributed by atoms with E-state index in [1.54, 1.807) is 13.4 Å². The molecular weight excluding hydrogens is 477 g/mol. The number of nitrogens with one attached hydrogen (secondary N) is 2. The number of imidazole rings is 1. The average Bonchev–Trinajstić information content (AvgIpc) is 3.38. The summed E-state index contributed by atoms with van der Waals surface area (Å²) in [7, 11) is 3.57. The molecule has 1 aliphatic rings. The number of benzene rings is 1. The highest BCUT2D eigenvalue weighted by Gasteiger charge is 2.38. The number of anilines is 2. The Morgan fingerprint density at radius 3 is 2.64 bits per heavy atom. The maximum Gasteiger partial charge on any atom is 0.415 e. The van der Waals surface area contributed by atoms with Crippen LogP contribution in [0.2, 0.25) is 0 Å². The molecule has 0 amide bonds. The predicted molar refractivity (Wildman–Crippen MR) is 130 cm³/mol. The van der Waals surface area contributed by atoms with Crippen LogP contribution in [0.3, 0.4) is 0 Å². The second-order valence-corrected chi connectivity index (χ2v) is 9.26. The summed E-state index contributed by atoms with van der Waals surface area (Å²) in [6.07, 6.45) is -2.51. The molecule has 1 fully saturated rings. The van der Waals surface area contributed by atoms with Crippen molar-refractivity contribution >= 4 is 22.5 Å². The number of methoxy groups -OCH3 is 1. The number of alkyl halides is 3. The molecule has 0 unspecified atom stereocenters. The molecule has 36 heavy (non-hydrogen) atoms. The average molecular weight is 511 g/mol. The Morgan fingerprint density at radius 2 is 1.94 bits per heavy atom. The first-order chi connectivity index (χ1) is 17.1. The van der Waals surface area contributed by atoms with E-state index in [9.17, 15) is 18.3 Å². The molecule has 9 nitrogen and oxygen atoms in total. The lowest BCUT2D eigenvalue weighted by Crippen LogP contribution is -2.44. The number of hydrogen-bond acceptors (Lipinski definition) is 7. The standard InChI is InChI=1S/C24H33F3N6O3/c1-15-10-22(31-33(15)8-9-35-3)30-19-11-18(12-20-23(19)29-14-32(20)2)36-17-6-4-16(5-7-17)28-13-21(34)24(25,26)27/h10-12,14,16-17,21,28,34H,4-9,13H2,1-3H3,(H,30,31)/t16?,17?,21-/m1/s1. The molecule has 0 radical (unpaired) electrons. The zero-order chi connectivity index (χ0) is 25.9. The maximum atomic E-state index is 12.5. The monoisotopic (exact) mass is 510 g/mol. The largest absolute Gasteiger partial charge is 0.490 e. The van der Waals surface area contributed by atoms with Crippen LogP contribution in [0.5, 0.6) is 5.75 Å². The Hall–Kier alpha value is -2.83. The number of aromatic nitrogens is 4. The summed E-state index contributed by atoms with van der Waals surface area (Å²) in [6.45, 7) is 2.71. The fourth-order valence-electron chi connectivity index (χ4n) is 4.45. The number of halogens is 3. The van der Waals surface area contributed by atoms with Gasteiger partial charge >= 0.3 is 6.18 Å². The molecule has 0 spiro atoms. The molecule has 1 atom stereocenters. The summed E-state index contributed by atoms with van der Waals surface area (Å²) < 4.78 is 52.8. The van der Waals surface area contributed by atoms with Gasteiger partial charge in [-0.3, -0.25) is 4.68 Å². The van der Waals surface area contributed by atoms with Gasteiger partial charge in [-0.05, 0) is 32.6 Å². The first-order valence-corrected chi connectivity index (χ1v) is 12.0. The van der Waals surface area contributed by atoms with Crippen LogP contribution in [0, 0.1) is 6.92 Å². The number of ether oxygens (including phenoxy) is 2. The van der Waals surface area contributed by atoms with Gasteiger partial charge in [0.2, 0.25) is 0 Å². The summed E-state index contributed by atoms with van der Waals surface area (Å²) in [5.74, 6) is 1.38. The SMILES string of the molecule is COCCn1nc(Nc2cc(OC3CCC(NC[C@@H](O)C(F)(F)F)CC3)cc3c2ncn3C)cc1C. The smallest absolute Gasteiger partial charge is 0.415 e. The maximum absolute atomic E-state index is 12.5. The van der Waals surface area contributed by atoms with Crippen LogP contribution >= 0.6 is 0 Å². The number of nitrogens with zero attached hydrogens (tertiary/aromatic N) is 4. The lowest BCUT2D eigenvalue weighted by atomic mass is 9.93. The number of hydrogen-bond donors (Lipinski definition) is 3. The van der Waals surface area contributed by atoms with Crippen molar-refractivity contribution in [1.29, 1.82) is 0 Å². The molecule has 198 valence electrons. The van der Waals surface area contributed by atoms with Crippen LogP contribution in [-0.4, -0.2) is 69.1 Å². The minimum atomic E-state index is -4.61. The van der Waals surface area contributed by atoms with Crippen LogP contribution < -0.4 is 15.4 Å². The van der Waals surface area contributed by atoms with Crippen molar-refractivity contribution in [1.82, 2.24) is 24.6 Å². The van der Waals surface area contributed by atoms with Crippen molar-refractivity contribution in [2.75, 3.05) is 25.6 Å². The van der Waals surface area contributed by atoms with Gasteiger partial charge in [-0.2, -0.15) is 18.3 Å². The molecule has 12 heteroatoms. The van der Waals surface area contributed by atoms with Crippen molar-refractivity contribution in [3.8, 4) is 5.75 Å². The zero-order valence-corrected chi connectivity index (χ0v) is 20.7. The second-order valence-electron chi connectivity index (χ2n) is 9.26. The normalized spacial score (nSPS) is 19.5. The van der Waals surface area contributed by atoms with E-state index >= 15 is 0 Å². The lowest BCUT2D eigenvalue weighted by Gasteiger charge is -2.30. The number of aliphatic hydroxyl groups is 1. The molecule has 1 aliphatic carbocycles. The Morgan fingerprint density at radius 1 is 1.19 bits per heavy atom. The van der Waals surface area contributed by atoms with E-state index in [1.165, 1.54) is 0 Å². The quantitative estimate of drug-likeness (QED) is 0.383. The molecule has 0 bridgehead atoms. The topological polar surface area (TPSA) is 98.4 Å². The minimum Gasteiger partial charge on any atom is -0.490 e. The Kier molecular flexibility index (Phi) is 8.06. The zero-order valence-electron chi connectivity index (χ0n) is 20.7. The predicted octanol–water partition coefficient (Wildman–Crippen LogP) is 3.67. The molecule has 3 aromatic rings. The van der Waals surface area contributed by atoms with Gasteiger partial charge in [-0.25, -0.2) is 4.98 Å². The second kappa shape index (κ2) is 11.1. The van der Waals surface area contributed by atoms with Gasteiger partial charge in [-0.15, -0.1) is 0 Å². The van der Waals surface area contributed by atoms with Crippen LogP contribution in [-0.2, 0) is 18.3 Å². The van der Waals surface area contributed by atoms with Gasteiger partial charge in [-0.1, -0.05) is 0 Å². The van der Waals surface area contributed by atoms with E-state index in [2.05, 4.69) is 20.7 Å². The number of fused-ring (bicyclic) bond motifs is 1. The highest BCUT2D eigenvalue weighted by Crippen LogP contribution is 2.33. The van der Waals surface area contributed by atoms with Crippen molar-refractivity contribution in [3.05, 3.63) is 30.2 Å². The fourth-order valence-corrected chi connectivity index (χ4v) is 4.45. The molecule has 0 aliphatic heterocycles. The molecular formula is C24H33F3N6O3. The van der Waals surface area contributed by atoms with Crippen LogP contribution in [0.1, 0.15) is 31.4 Å². The molecule has 3 N–H and O–H groups in total. The Labute approximate surface area is 207 Å². The van der Waals surface area contributed by atoms with E-state index in [0.717, 1.165) is 22.4 Å². The summed E-state index contributed by atoms with van der Waals surface area (Å²) in [6, 6.07) is 5.74. The van der Waals surface area contributed by atoms with Gasteiger partial charge in [0.15, 0.2) is 11.9 Å². The molecule has 1 aromatic carbocycles. The van der Waals surface area contributed by atoms with E-state index < -0.39 is 18.8 Å². The van der Waals surface area contributed by atoms with E-state index in [1.807, 2.05) is 41.4 Å². The summed E-state index contributed by atoms with van der Waals surface area (Å²) in [4.78, 5) is 4.52. The molecule has 2 aromatic heterocycles. The fraction of sp³-hybridized carbons (Fsp3) is 0.583. The lowest BCUT2D eigenvalue weighted by molar-refractivity contribution is -0.202. The molecule has 2 heterocycles. The Bertz CT molecular complexity index is 1150. The summed E-state index contributed by atoms with van der Waals surface area (Å²) in [5, 5.41) is 20.0. The van der Waals surface area contributed by atoms with E-state index in [-0.39, 0.29) is 12.1 Å². The third-order valence-corrected chi connectivity index (χ3v) is 6.51. The Balaban J connectivity index is 1.42. The molecule has 4 rings (SSSR count). The number of aliphatic hydroxyl groups excluding tert-OH is 1. The van der Waals surface area contributed by atoms with Crippen molar-refractivity contribution in [3.63, 3.8) is 0 Å². The highest BCUT2D eigenvalue weighted by molar-refractivity contribution is 5.91. The molecule has 1 saturated carbocycles. The number of aryl methyl sites for hydroxylation is 2. The van der Waals surface area contributed by atoms with Gasteiger partial charge < -0.3 is 29.8 Å². The van der Waals surface area contributed by atoms with Gasteiger partial charge in [0.05, 0.1) is 36.8 Å². The highest BCUT2D eigenvalue weighted by atomic mass is 19.4. The summed E-state index contributed by atoms with van der Waals surface area (Å²) in [5.41, 5.74) is 3.48. The first kappa shape index (κ1) is 26.2. The van der Waals surface area contributed by atoms with Crippen molar-refractivity contribution in [2.45, 2.75) is 63.6 Å².